The maximum absolute atomic E-state index is 11.8. The maximum atomic E-state index is 11.8. The maximum Gasteiger partial charge on any atom is 0.261 e. The van der Waals surface area contributed by atoms with Crippen molar-refractivity contribution in [1.29, 1.82) is 0 Å². The average molecular weight is 219 g/mol. The number of aliphatic hydroxyl groups excluding tert-OH is 1. The number of amides is 2. The van der Waals surface area contributed by atoms with Gasteiger partial charge in [0.2, 0.25) is 0 Å². The smallest absolute Gasteiger partial charge is 0.261 e. The van der Waals surface area contributed by atoms with Gasteiger partial charge in [-0.2, -0.15) is 0 Å². The summed E-state index contributed by atoms with van der Waals surface area (Å²) in [6.45, 7) is 1.90. The van der Waals surface area contributed by atoms with Crippen LogP contribution >= 0.6 is 0 Å². The third-order valence-electron chi connectivity index (χ3n) is 2.65. The molecule has 0 saturated heterocycles. The minimum atomic E-state index is -0.510. The lowest BCUT2D eigenvalue weighted by Crippen LogP contribution is -2.32. The van der Waals surface area contributed by atoms with Crippen molar-refractivity contribution < 1.29 is 14.7 Å². The van der Waals surface area contributed by atoms with Gasteiger partial charge in [-0.25, -0.2) is 0 Å². The third kappa shape index (κ3) is 1.72. The zero-order chi connectivity index (χ0) is 11.7. The van der Waals surface area contributed by atoms with Crippen LogP contribution in [0.25, 0.3) is 0 Å². The topological polar surface area (TPSA) is 57.6 Å². The zero-order valence-corrected chi connectivity index (χ0v) is 9.01. The predicted octanol–water partition coefficient (Wildman–Crippen LogP) is 1.05. The highest BCUT2D eigenvalue weighted by atomic mass is 16.3. The van der Waals surface area contributed by atoms with Gasteiger partial charge >= 0.3 is 0 Å². The first-order valence-electron chi connectivity index (χ1n) is 5.24. The van der Waals surface area contributed by atoms with Crippen LogP contribution in [0.1, 0.15) is 34.1 Å². The molecule has 0 bridgehead atoms. The Morgan fingerprint density at radius 3 is 2.12 bits per heavy atom. The monoisotopic (exact) mass is 219 g/mol. The molecule has 1 aromatic rings. The molecule has 16 heavy (non-hydrogen) atoms. The van der Waals surface area contributed by atoms with Crippen LogP contribution < -0.4 is 0 Å². The molecule has 2 rings (SSSR count). The Bertz CT molecular complexity index is 405. The van der Waals surface area contributed by atoms with Crippen molar-refractivity contribution in [3.63, 3.8) is 0 Å². The molecule has 0 aromatic heterocycles. The summed E-state index contributed by atoms with van der Waals surface area (Å²) in [5, 5.41) is 9.15. The Labute approximate surface area is 93.5 Å². The van der Waals surface area contributed by atoms with Crippen LogP contribution in [0.15, 0.2) is 24.3 Å². The molecule has 1 atom stereocenters. The molecule has 1 heterocycles. The number of nitrogens with zero attached hydrogens (tertiary/aromatic N) is 1. The van der Waals surface area contributed by atoms with Crippen LogP contribution in [-0.2, 0) is 0 Å². The Morgan fingerprint density at radius 1 is 1.19 bits per heavy atom. The van der Waals surface area contributed by atoms with Gasteiger partial charge in [0.15, 0.2) is 0 Å². The molecule has 0 fully saturated rings. The highest BCUT2D eigenvalue weighted by Crippen LogP contribution is 2.22. The van der Waals surface area contributed by atoms with Crippen molar-refractivity contribution in [1.82, 2.24) is 4.90 Å². The van der Waals surface area contributed by atoms with E-state index in [1.165, 1.54) is 4.90 Å². The first-order valence-corrected chi connectivity index (χ1v) is 5.24. The number of imide groups is 1. The normalized spacial score (nSPS) is 16.5. The number of carbonyl (C=O) groups is 2. The number of carbonyl (C=O) groups excluding carboxylic acids is 2. The fourth-order valence-corrected chi connectivity index (χ4v) is 1.76. The Balaban J connectivity index is 2.22. The van der Waals surface area contributed by atoms with Gasteiger partial charge in [0.05, 0.1) is 17.2 Å². The number of aliphatic hydroxyl groups is 1. The molecule has 84 valence electrons. The van der Waals surface area contributed by atoms with Gasteiger partial charge in [0.1, 0.15) is 0 Å². The summed E-state index contributed by atoms with van der Waals surface area (Å²) in [7, 11) is 0. The van der Waals surface area contributed by atoms with E-state index in [2.05, 4.69) is 0 Å². The van der Waals surface area contributed by atoms with E-state index >= 15 is 0 Å². The van der Waals surface area contributed by atoms with Gasteiger partial charge in [-0.1, -0.05) is 12.1 Å². The first kappa shape index (κ1) is 10.8. The summed E-state index contributed by atoms with van der Waals surface area (Å²) in [6.07, 6.45) is -0.102. The average Bonchev–Trinajstić information content (AvgIpc) is 2.50. The Kier molecular flexibility index (Phi) is 2.75. The van der Waals surface area contributed by atoms with E-state index in [1.54, 1.807) is 31.2 Å². The van der Waals surface area contributed by atoms with Crippen molar-refractivity contribution in [2.75, 3.05) is 6.54 Å². The first-order chi connectivity index (χ1) is 7.61. The summed E-state index contributed by atoms with van der Waals surface area (Å²) in [5.74, 6) is -0.525. The van der Waals surface area contributed by atoms with Gasteiger partial charge in [-0.05, 0) is 25.5 Å². The molecule has 1 aromatic carbocycles. The molecular weight excluding hydrogens is 206 g/mol. The molecule has 0 unspecified atom stereocenters. The van der Waals surface area contributed by atoms with Crippen molar-refractivity contribution in [3.8, 4) is 0 Å². The lowest BCUT2D eigenvalue weighted by atomic mass is 10.1. The summed E-state index contributed by atoms with van der Waals surface area (Å²) < 4.78 is 0. The third-order valence-corrected chi connectivity index (χ3v) is 2.65. The lowest BCUT2D eigenvalue weighted by Gasteiger charge is -2.14. The number of fused-ring (bicyclic) bond motifs is 1. The van der Waals surface area contributed by atoms with Gasteiger partial charge in [-0.3, -0.25) is 14.5 Å². The van der Waals surface area contributed by atoms with E-state index in [4.69, 9.17) is 5.11 Å². The minimum absolute atomic E-state index is 0.263. The fraction of sp³-hybridized carbons (Fsp3) is 0.333. The quantitative estimate of drug-likeness (QED) is 0.773. The SMILES string of the molecule is C[C@@H](O)CCN1C(=O)c2ccccc2C1=O. The van der Waals surface area contributed by atoms with E-state index in [1.807, 2.05) is 0 Å². The molecule has 0 spiro atoms. The largest absolute Gasteiger partial charge is 0.393 e. The van der Waals surface area contributed by atoms with Crippen LogP contribution in [0.3, 0.4) is 0 Å². The van der Waals surface area contributed by atoms with E-state index in [9.17, 15) is 9.59 Å². The summed E-state index contributed by atoms with van der Waals surface area (Å²) in [4.78, 5) is 24.9. The number of benzene rings is 1. The van der Waals surface area contributed by atoms with Crippen molar-refractivity contribution in [3.05, 3.63) is 35.4 Å². The van der Waals surface area contributed by atoms with Gasteiger partial charge in [0.25, 0.3) is 11.8 Å². The lowest BCUT2D eigenvalue weighted by molar-refractivity contribution is 0.0629. The molecule has 1 aliphatic heterocycles. The van der Waals surface area contributed by atoms with Crippen molar-refractivity contribution in [2.24, 2.45) is 0 Å². The highest BCUT2D eigenvalue weighted by Gasteiger charge is 2.34. The van der Waals surface area contributed by atoms with Gasteiger partial charge < -0.3 is 5.11 Å². The van der Waals surface area contributed by atoms with Crippen molar-refractivity contribution >= 4 is 11.8 Å². The predicted molar refractivity (Wildman–Crippen MR) is 58.1 cm³/mol. The van der Waals surface area contributed by atoms with E-state index in [-0.39, 0.29) is 18.4 Å². The zero-order valence-electron chi connectivity index (χ0n) is 9.01. The second kappa shape index (κ2) is 4.06. The molecule has 2 amide bonds. The number of hydrogen-bond donors (Lipinski definition) is 1. The van der Waals surface area contributed by atoms with Crippen molar-refractivity contribution in [2.45, 2.75) is 19.4 Å². The van der Waals surface area contributed by atoms with Crippen LogP contribution in [0.4, 0.5) is 0 Å². The van der Waals surface area contributed by atoms with E-state index in [0.29, 0.717) is 17.5 Å². The fourth-order valence-electron chi connectivity index (χ4n) is 1.76. The molecule has 0 aliphatic carbocycles. The van der Waals surface area contributed by atoms with Gasteiger partial charge in [-0.15, -0.1) is 0 Å². The van der Waals surface area contributed by atoms with Crippen LogP contribution in [-0.4, -0.2) is 34.5 Å². The van der Waals surface area contributed by atoms with Crippen LogP contribution in [0.5, 0.6) is 0 Å². The molecule has 1 N–H and O–H groups in total. The van der Waals surface area contributed by atoms with Gasteiger partial charge in [0, 0.05) is 6.54 Å². The second-order valence-corrected chi connectivity index (χ2v) is 3.95. The Hall–Kier alpha value is -1.68. The second-order valence-electron chi connectivity index (χ2n) is 3.95. The van der Waals surface area contributed by atoms with E-state index in [0.717, 1.165) is 0 Å². The Morgan fingerprint density at radius 2 is 1.69 bits per heavy atom. The molecule has 0 saturated carbocycles. The molecule has 4 nitrogen and oxygen atoms in total. The molecule has 0 radical (unpaired) electrons. The van der Waals surface area contributed by atoms with Crippen LogP contribution in [0, 0.1) is 0 Å². The van der Waals surface area contributed by atoms with E-state index < -0.39 is 6.10 Å². The number of hydrogen-bond acceptors (Lipinski definition) is 3. The standard InChI is InChI=1S/C12H13NO3/c1-8(14)6-7-13-11(15)9-4-2-3-5-10(9)12(13)16/h2-5,8,14H,6-7H2,1H3/t8-/m1/s1. The molecule has 4 heteroatoms. The summed E-state index contributed by atoms with van der Waals surface area (Å²) in [6, 6.07) is 6.78. The minimum Gasteiger partial charge on any atom is -0.393 e. The highest BCUT2D eigenvalue weighted by molar-refractivity contribution is 6.21. The molecule has 1 aliphatic rings. The molecular formula is C12H13NO3. The van der Waals surface area contributed by atoms with Crippen LogP contribution in [0.2, 0.25) is 0 Å². The summed E-state index contributed by atoms with van der Waals surface area (Å²) in [5.41, 5.74) is 0.913. The summed E-state index contributed by atoms with van der Waals surface area (Å²) >= 11 is 0. The number of rotatable bonds is 3.